The smallest absolute Gasteiger partial charge is 0.190 e. The molecule has 0 heterocycles. The minimum atomic E-state index is 0.728. The van der Waals surface area contributed by atoms with Crippen LogP contribution in [0.5, 0.6) is 5.75 Å². The third-order valence-corrected chi connectivity index (χ3v) is 3.41. The lowest BCUT2D eigenvalue weighted by molar-refractivity contribution is 0.223. The molecule has 5 nitrogen and oxygen atoms in total. The topological polar surface area (TPSA) is 48.9 Å². The van der Waals surface area contributed by atoms with Gasteiger partial charge in [-0.1, -0.05) is 26.0 Å². The Hall–Kier alpha value is -1.75. The highest BCUT2D eigenvalue weighted by Gasteiger charge is 2.00. The number of likely N-dealkylation sites (N-methyl/N-ethyl adjacent to an activating group) is 1. The second kappa shape index (κ2) is 10.0. The summed E-state index contributed by atoms with van der Waals surface area (Å²) >= 11 is 0. The molecule has 0 aliphatic rings. The number of hydrogen-bond donors (Lipinski definition) is 2. The molecule has 0 fully saturated rings. The van der Waals surface area contributed by atoms with E-state index in [9.17, 15) is 0 Å². The van der Waals surface area contributed by atoms with Crippen LogP contribution in [-0.4, -0.2) is 51.2 Å². The molecule has 118 valence electrons. The second-order valence-electron chi connectivity index (χ2n) is 4.70. The van der Waals surface area contributed by atoms with Crippen LogP contribution in [-0.2, 0) is 6.54 Å². The zero-order valence-corrected chi connectivity index (χ0v) is 13.6. The molecule has 0 saturated heterocycles. The summed E-state index contributed by atoms with van der Waals surface area (Å²) in [4.78, 5) is 6.43. The maximum Gasteiger partial charge on any atom is 0.190 e. The van der Waals surface area contributed by atoms with Gasteiger partial charge >= 0.3 is 0 Å². The van der Waals surface area contributed by atoms with Crippen LogP contribution in [0.2, 0.25) is 0 Å². The van der Waals surface area contributed by atoms with Gasteiger partial charge in [0.15, 0.2) is 5.96 Å². The minimum absolute atomic E-state index is 0.728. The molecule has 2 N–H and O–H groups in total. The summed E-state index contributed by atoms with van der Waals surface area (Å²) in [6.07, 6.45) is 0. The molecule has 0 aliphatic carbocycles. The molecule has 1 aromatic carbocycles. The van der Waals surface area contributed by atoms with Crippen molar-refractivity contribution in [3.8, 4) is 5.75 Å². The molecular formula is C16H28N4O. The van der Waals surface area contributed by atoms with Crippen LogP contribution >= 0.6 is 0 Å². The van der Waals surface area contributed by atoms with Gasteiger partial charge in [-0.25, -0.2) is 0 Å². The number of benzene rings is 1. The lowest BCUT2D eigenvalue weighted by Gasteiger charge is -2.18. The van der Waals surface area contributed by atoms with E-state index in [2.05, 4.69) is 46.5 Å². The number of nitrogens with zero attached hydrogens (tertiary/aromatic N) is 2. The third kappa shape index (κ3) is 6.49. The molecule has 0 saturated carbocycles. The van der Waals surface area contributed by atoms with Crippen LogP contribution in [0.15, 0.2) is 29.3 Å². The molecular weight excluding hydrogens is 264 g/mol. The Morgan fingerprint density at radius 1 is 1.19 bits per heavy atom. The molecule has 0 aromatic heterocycles. The van der Waals surface area contributed by atoms with Crippen LogP contribution < -0.4 is 15.4 Å². The largest absolute Gasteiger partial charge is 0.492 e. The molecule has 0 aliphatic heterocycles. The summed E-state index contributed by atoms with van der Waals surface area (Å²) in [7, 11) is 3.60. The predicted molar refractivity (Wildman–Crippen MR) is 89.0 cm³/mol. The Morgan fingerprint density at radius 3 is 2.38 bits per heavy atom. The van der Waals surface area contributed by atoms with Crippen molar-refractivity contribution >= 4 is 5.96 Å². The lowest BCUT2D eigenvalue weighted by atomic mass is 10.2. The second-order valence-corrected chi connectivity index (χ2v) is 4.70. The highest BCUT2D eigenvalue weighted by Crippen LogP contribution is 2.12. The number of aliphatic imine (C=N–C) groups is 1. The molecule has 1 rings (SSSR count). The maximum absolute atomic E-state index is 5.76. The van der Waals surface area contributed by atoms with E-state index in [1.807, 2.05) is 19.2 Å². The van der Waals surface area contributed by atoms with Gasteiger partial charge in [0.2, 0.25) is 0 Å². The van der Waals surface area contributed by atoms with E-state index in [0.29, 0.717) is 0 Å². The van der Waals surface area contributed by atoms with Gasteiger partial charge < -0.3 is 20.3 Å². The highest BCUT2D eigenvalue weighted by molar-refractivity contribution is 5.79. The number of ether oxygens (including phenoxy) is 1. The lowest BCUT2D eigenvalue weighted by Crippen LogP contribution is -2.34. The fraction of sp³-hybridized carbons (Fsp3) is 0.562. The Balaban J connectivity index is 2.36. The molecule has 1 aromatic rings. The zero-order valence-electron chi connectivity index (χ0n) is 13.6. The minimum Gasteiger partial charge on any atom is -0.492 e. The van der Waals surface area contributed by atoms with E-state index in [4.69, 9.17) is 4.74 Å². The summed E-state index contributed by atoms with van der Waals surface area (Å²) < 4.78 is 5.76. The molecule has 0 spiro atoms. The van der Waals surface area contributed by atoms with Gasteiger partial charge in [0, 0.05) is 27.2 Å². The van der Waals surface area contributed by atoms with E-state index in [1.54, 1.807) is 7.05 Å². The highest BCUT2D eigenvalue weighted by atomic mass is 16.5. The number of rotatable bonds is 8. The van der Waals surface area contributed by atoms with Gasteiger partial charge in [0.25, 0.3) is 0 Å². The first-order valence-corrected chi connectivity index (χ1v) is 7.55. The van der Waals surface area contributed by atoms with Crippen molar-refractivity contribution in [3.63, 3.8) is 0 Å². The Morgan fingerprint density at radius 2 is 1.86 bits per heavy atom. The Bertz CT molecular complexity index is 413. The monoisotopic (exact) mass is 292 g/mol. The number of guanidine groups is 1. The van der Waals surface area contributed by atoms with Crippen molar-refractivity contribution in [2.45, 2.75) is 20.4 Å². The van der Waals surface area contributed by atoms with E-state index >= 15 is 0 Å². The summed E-state index contributed by atoms with van der Waals surface area (Å²) in [6.45, 7) is 8.91. The quantitative estimate of drug-likeness (QED) is 0.565. The van der Waals surface area contributed by atoms with Crippen molar-refractivity contribution in [2.75, 3.05) is 40.3 Å². The molecule has 0 unspecified atom stereocenters. The summed E-state index contributed by atoms with van der Waals surface area (Å²) in [6, 6.07) is 8.17. The average Bonchev–Trinajstić information content (AvgIpc) is 2.54. The average molecular weight is 292 g/mol. The SMILES string of the molecule is CCN(CC)CCOc1ccc(CNC(=NC)NC)cc1. The van der Waals surface area contributed by atoms with Crippen molar-refractivity contribution in [1.29, 1.82) is 0 Å². The van der Waals surface area contributed by atoms with Crippen LogP contribution in [0, 0.1) is 0 Å². The van der Waals surface area contributed by atoms with Crippen molar-refractivity contribution in [1.82, 2.24) is 15.5 Å². The molecule has 5 heteroatoms. The summed E-state index contributed by atoms with van der Waals surface area (Å²) in [5.74, 6) is 1.71. The van der Waals surface area contributed by atoms with Crippen molar-refractivity contribution in [3.05, 3.63) is 29.8 Å². The number of nitrogens with one attached hydrogen (secondary N) is 2. The van der Waals surface area contributed by atoms with Gasteiger partial charge in [-0.2, -0.15) is 0 Å². The van der Waals surface area contributed by atoms with Crippen LogP contribution in [0.1, 0.15) is 19.4 Å². The molecule has 0 amide bonds. The fourth-order valence-electron chi connectivity index (χ4n) is 2.00. The predicted octanol–water partition coefficient (Wildman–Crippen LogP) is 1.70. The first-order chi connectivity index (χ1) is 10.2. The van der Waals surface area contributed by atoms with Crippen LogP contribution in [0.25, 0.3) is 0 Å². The zero-order chi connectivity index (χ0) is 15.5. The van der Waals surface area contributed by atoms with Crippen molar-refractivity contribution < 1.29 is 4.74 Å². The van der Waals surface area contributed by atoms with Gasteiger partial charge in [0.1, 0.15) is 12.4 Å². The maximum atomic E-state index is 5.76. The Labute approximate surface area is 128 Å². The summed E-state index contributed by atoms with van der Waals surface area (Å²) in [5.41, 5.74) is 1.20. The molecule has 0 bridgehead atoms. The number of hydrogen-bond acceptors (Lipinski definition) is 3. The first kappa shape index (κ1) is 17.3. The van der Waals surface area contributed by atoms with Crippen LogP contribution in [0.3, 0.4) is 0 Å². The van der Waals surface area contributed by atoms with Gasteiger partial charge in [-0.15, -0.1) is 0 Å². The molecule has 21 heavy (non-hydrogen) atoms. The molecule has 0 atom stereocenters. The fourth-order valence-corrected chi connectivity index (χ4v) is 2.00. The normalized spacial score (nSPS) is 11.6. The van der Waals surface area contributed by atoms with E-state index < -0.39 is 0 Å². The van der Waals surface area contributed by atoms with Gasteiger partial charge in [-0.05, 0) is 30.8 Å². The van der Waals surface area contributed by atoms with Gasteiger partial charge in [0.05, 0.1) is 0 Å². The van der Waals surface area contributed by atoms with Crippen LogP contribution in [0.4, 0.5) is 0 Å². The Kier molecular flexibility index (Phi) is 8.28. The third-order valence-electron chi connectivity index (χ3n) is 3.41. The van der Waals surface area contributed by atoms with E-state index in [1.165, 1.54) is 5.56 Å². The standard InChI is InChI=1S/C16H28N4O/c1-5-20(6-2)11-12-21-15-9-7-14(8-10-15)13-19-16(17-3)18-4/h7-10H,5-6,11-13H2,1-4H3,(H2,17,18,19). The first-order valence-electron chi connectivity index (χ1n) is 7.55. The summed E-state index contributed by atoms with van der Waals surface area (Å²) in [5, 5.41) is 6.21. The molecule has 0 radical (unpaired) electrons. The van der Waals surface area contributed by atoms with Crippen molar-refractivity contribution in [2.24, 2.45) is 4.99 Å². The van der Waals surface area contributed by atoms with E-state index in [0.717, 1.165) is 44.5 Å². The van der Waals surface area contributed by atoms with Gasteiger partial charge in [-0.3, -0.25) is 4.99 Å². The van der Waals surface area contributed by atoms with E-state index in [-0.39, 0.29) is 0 Å².